The van der Waals surface area contributed by atoms with Crippen LogP contribution in [0.4, 0.5) is 0 Å². The van der Waals surface area contributed by atoms with E-state index in [9.17, 15) is 5.11 Å². The van der Waals surface area contributed by atoms with E-state index in [0.29, 0.717) is 12.0 Å². The van der Waals surface area contributed by atoms with Crippen molar-refractivity contribution in [2.24, 2.45) is 5.92 Å². The van der Waals surface area contributed by atoms with Crippen LogP contribution < -0.4 is 0 Å². The standard InChI is InChI=1S/C12H21N3O/c1-8(2)12-11(7-16)13-14-15(12)9(3)10-5-4-6-10/h8-10,16H,4-7H2,1-3H3. The van der Waals surface area contributed by atoms with Crippen LogP contribution in [-0.2, 0) is 6.61 Å². The highest BCUT2D eigenvalue weighted by Crippen LogP contribution is 2.37. The minimum absolute atomic E-state index is 0.00903. The van der Waals surface area contributed by atoms with Gasteiger partial charge in [0.1, 0.15) is 5.69 Å². The summed E-state index contributed by atoms with van der Waals surface area (Å²) in [5, 5.41) is 17.6. The fourth-order valence-corrected chi connectivity index (χ4v) is 2.47. The number of aliphatic hydroxyl groups excluding tert-OH is 1. The van der Waals surface area contributed by atoms with Crippen molar-refractivity contribution in [2.45, 2.75) is 58.6 Å². The van der Waals surface area contributed by atoms with Gasteiger partial charge in [-0.05, 0) is 31.6 Å². The molecule has 0 amide bonds. The Bertz CT molecular complexity index is 355. The minimum Gasteiger partial charge on any atom is -0.390 e. The van der Waals surface area contributed by atoms with Gasteiger partial charge in [-0.2, -0.15) is 0 Å². The van der Waals surface area contributed by atoms with Crippen molar-refractivity contribution >= 4 is 0 Å². The van der Waals surface area contributed by atoms with Crippen LogP contribution in [0.5, 0.6) is 0 Å². The smallest absolute Gasteiger partial charge is 0.112 e. The first-order valence-electron chi connectivity index (χ1n) is 6.20. The molecule has 1 aliphatic carbocycles. The zero-order valence-electron chi connectivity index (χ0n) is 10.3. The molecule has 0 bridgehead atoms. The highest BCUT2D eigenvalue weighted by Gasteiger charge is 2.28. The Morgan fingerprint density at radius 2 is 2.06 bits per heavy atom. The molecule has 1 atom stereocenters. The summed E-state index contributed by atoms with van der Waals surface area (Å²) in [5.41, 5.74) is 1.84. The molecule has 1 unspecified atom stereocenters. The van der Waals surface area contributed by atoms with Crippen LogP contribution in [0.1, 0.15) is 63.4 Å². The average Bonchev–Trinajstić information content (AvgIpc) is 2.57. The molecule has 1 aromatic rings. The second kappa shape index (κ2) is 4.53. The summed E-state index contributed by atoms with van der Waals surface area (Å²) in [7, 11) is 0. The normalized spacial score (nSPS) is 18.8. The van der Waals surface area contributed by atoms with Crippen molar-refractivity contribution in [2.75, 3.05) is 0 Å². The summed E-state index contributed by atoms with van der Waals surface area (Å²) in [4.78, 5) is 0. The largest absolute Gasteiger partial charge is 0.390 e. The molecule has 1 fully saturated rings. The monoisotopic (exact) mass is 223 g/mol. The highest BCUT2D eigenvalue weighted by atomic mass is 16.3. The van der Waals surface area contributed by atoms with Crippen LogP contribution in [0.3, 0.4) is 0 Å². The molecule has 1 saturated carbocycles. The van der Waals surface area contributed by atoms with Crippen LogP contribution in [0, 0.1) is 5.92 Å². The fourth-order valence-electron chi connectivity index (χ4n) is 2.47. The molecular weight excluding hydrogens is 202 g/mol. The summed E-state index contributed by atoms with van der Waals surface area (Å²) in [6.45, 7) is 6.46. The van der Waals surface area contributed by atoms with Gasteiger partial charge in [-0.15, -0.1) is 5.10 Å². The van der Waals surface area contributed by atoms with Gasteiger partial charge in [-0.3, -0.25) is 0 Å². The van der Waals surface area contributed by atoms with Crippen LogP contribution >= 0.6 is 0 Å². The number of hydrogen-bond donors (Lipinski definition) is 1. The lowest BCUT2D eigenvalue weighted by Crippen LogP contribution is -2.25. The molecule has 0 aromatic carbocycles. The molecule has 0 aliphatic heterocycles. The maximum atomic E-state index is 9.26. The van der Waals surface area contributed by atoms with Crippen molar-refractivity contribution in [3.05, 3.63) is 11.4 Å². The Hall–Kier alpha value is -0.900. The third kappa shape index (κ3) is 1.86. The van der Waals surface area contributed by atoms with Gasteiger partial charge in [0.2, 0.25) is 0 Å². The van der Waals surface area contributed by atoms with Gasteiger partial charge >= 0.3 is 0 Å². The Morgan fingerprint density at radius 3 is 2.50 bits per heavy atom. The number of aliphatic hydroxyl groups is 1. The average molecular weight is 223 g/mol. The van der Waals surface area contributed by atoms with Gasteiger partial charge in [-0.25, -0.2) is 4.68 Å². The molecule has 0 saturated heterocycles. The van der Waals surface area contributed by atoms with Crippen LogP contribution in [0.25, 0.3) is 0 Å². The predicted octanol–water partition coefficient (Wildman–Crippen LogP) is 2.25. The molecular formula is C12H21N3O. The highest BCUT2D eigenvalue weighted by molar-refractivity contribution is 5.14. The number of nitrogens with zero attached hydrogens (tertiary/aromatic N) is 3. The van der Waals surface area contributed by atoms with E-state index < -0.39 is 0 Å². The van der Waals surface area contributed by atoms with Crippen LogP contribution in [0.2, 0.25) is 0 Å². The molecule has 90 valence electrons. The predicted molar refractivity (Wildman–Crippen MR) is 62.1 cm³/mol. The number of rotatable bonds is 4. The first-order valence-corrected chi connectivity index (χ1v) is 6.20. The molecule has 1 aliphatic rings. The maximum Gasteiger partial charge on any atom is 0.112 e. The van der Waals surface area contributed by atoms with E-state index in [4.69, 9.17) is 0 Å². The zero-order chi connectivity index (χ0) is 11.7. The number of aromatic nitrogens is 3. The van der Waals surface area contributed by atoms with Gasteiger partial charge in [0, 0.05) is 0 Å². The van der Waals surface area contributed by atoms with Gasteiger partial charge in [0.05, 0.1) is 18.3 Å². The number of hydrogen-bond acceptors (Lipinski definition) is 3. The third-order valence-electron chi connectivity index (χ3n) is 3.72. The third-order valence-corrected chi connectivity index (χ3v) is 3.72. The van der Waals surface area contributed by atoms with E-state index in [1.54, 1.807) is 0 Å². The Kier molecular flexibility index (Phi) is 3.28. The lowest BCUT2D eigenvalue weighted by molar-refractivity contribution is 0.203. The molecule has 2 rings (SSSR count). The van der Waals surface area contributed by atoms with E-state index >= 15 is 0 Å². The van der Waals surface area contributed by atoms with Gasteiger partial charge < -0.3 is 5.11 Å². The summed E-state index contributed by atoms with van der Waals surface area (Å²) in [6, 6.07) is 0.416. The van der Waals surface area contributed by atoms with Gasteiger partial charge in [-0.1, -0.05) is 25.5 Å². The molecule has 1 aromatic heterocycles. The van der Waals surface area contributed by atoms with Crippen molar-refractivity contribution in [3.8, 4) is 0 Å². The lowest BCUT2D eigenvalue weighted by atomic mass is 9.80. The lowest BCUT2D eigenvalue weighted by Gasteiger charge is -2.32. The fraction of sp³-hybridized carbons (Fsp3) is 0.833. The Balaban J connectivity index is 2.28. The van der Waals surface area contributed by atoms with Gasteiger partial charge in [0.25, 0.3) is 0 Å². The molecule has 1 heterocycles. The first-order chi connectivity index (χ1) is 7.65. The second-order valence-corrected chi connectivity index (χ2v) is 5.11. The van der Waals surface area contributed by atoms with E-state index in [-0.39, 0.29) is 6.61 Å². The maximum absolute atomic E-state index is 9.26. The van der Waals surface area contributed by atoms with Gasteiger partial charge in [0.15, 0.2) is 0 Å². The van der Waals surface area contributed by atoms with Crippen molar-refractivity contribution in [1.82, 2.24) is 15.0 Å². The quantitative estimate of drug-likeness (QED) is 0.851. The summed E-state index contributed by atoms with van der Waals surface area (Å²) >= 11 is 0. The molecule has 0 spiro atoms. The van der Waals surface area contributed by atoms with E-state index in [0.717, 1.165) is 17.3 Å². The molecule has 4 heteroatoms. The van der Waals surface area contributed by atoms with Crippen LogP contribution in [0.15, 0.2) is 0 Å². The summed E-state index contributed by atoms with van der Waals surface area (Å²) in [5.74, 6) is 1.10. The molecule has 0 radical (unpaired) electrons. The van der Waals surface area contributed by atoms with Crippen LogP contribution in [-0.4, -0.2) is 20.1 Å². The van der Waals surface area contributed by atoms with Crippen molar-refractivity contribution < 1.29 is 5.11 Å². The summed E-state index contributed by atoms with van der Waals surface area (Å²) in [6.07, 6.45) is 3.94. The SMILES string of the molecule is CC(C)c1c(CO)nnn1C(C)C1CCC1. The topological polar surface area (TPSA) is 50.9 Å². The molecule has 16 heavy (non-hydrogen) atoms. The van der Waals surface area contributed by atoms with E-state index in [1.807, 2.05) is 4.68 Å². The molecule has 4 nitrogen and oxygen atoms in total. The van der Waals surface area contributed by atoms with Crippen molar-refractivity contribution in [1.29, 1.82) is 0 Å². The second-order valence-electron chi connectivity index (χ2n) is 5.11. The Morgan fingerprint density at radius 1 is 1.38 bits per heavy atom. The van der Waals surface area contributed by atoms with E-state index in [2.05, 4.69) is 31.1 Å². The summed E-state index contributed by atoms with van der Waals surface area (Å²) < 4.78 is 2.03. The first kappa shape index (κ1) is 11.6. The minimum atomic E-state index is -0.00903. The molecule has 1 N–H and O–H groups in total. The van der Waals surface area contributed by atoms with E-state index in [1.165, 1.54) is 19.3 Å². The zero-order valence-corrected chi connectivity index (χ0v) is 10.3. The Labute approximate surface area is 96.7 Å². The van der Waals surface area contributed by atoms with Crippen molar-refractivity contribution in [3.63, 3.8) is 0 Å².